The van der Waals surface area contributed by atoms with Gasteiger partial charge in [-0.25, -0.2) is 0 Å². The lowest BCUT2D eigenvalue weighted by atomic mass is 9.85. The molecule has 6 heteroatoms. The van der Waals surface area contributed by atoms with Gasteiger partial charge in [0.15, 0.2) is 5.11 Å². The normalized spacial score (nSPS) is 29.2. The Balaban J connectivity index is 2.20. The molecule has 2 rings (SSSR count). The molecule has 0 aromatic heterocycles. The summed E-state index contributed by atoms with van der Waals surface area (Å²) in [5, 5.41) is 0.883. The molecular weight excluding hydrogens is 214 g/mol. The first-order chi connectivity index (χ1) is 7.11. The molecule has 0 radical (unpaired) electrons. The van der Waals surface area contributed by atoms with Gasteiger partial charge in [-0.3, -0.25) is 15.0 Å². The van der Waals surface area contributed by atoms with Gasteiger partial charge in [-0.2, -0.15) is 5.01 Å². The molecule has 2 amide bonds. The second-order valence-electron chi connectivity index (χ2n) is 3.64. The number of rotatable bonds is 1. The van der Waals surface area contributed by atoms with Gasteiger partial charge >= 0.3 is 0 Å². The smallest absolute Gasteiger partial charge is 0.252 e. The molecule has 3 N–H and O–H groups in total. The Morgan fingerprint density at radius 2 is 1.80 bits per heavy atom. The van der Waals surface area contributed by atoms with Crippen LogP contribution in [0.5, 0.6) is 0 Å². The van der Waals surface area contributed by atoms with Crippen LogP contribution in [0.1, 0.15) is 12.8 Å². The van der Waals surface area contributed by atoms with E-state index in [1.165, 1.54) is 0 Å². The monoisotopic (exact) mass is 225 g/mol. The van der Waals surface area contributed by atoms with Crippen molar-refractivity contribution in [2.75, 3.05) is 0 Å². The summed E-state index contributed by atoms with van der Waals surface area (Å²) in [5.74, 6) is -0.960. The van der Waals surface area contributed by atoms with Crippen LogP contribution in [-0.2, 0) is 9.59 Å². The van der Waals surface area contributed by atoms with Crippen LogP contribution in [0.25, 0.3) is 0 Å². The molecule has 1 saturated heterocycles. The first-order valence-corrected chi connectivity index (χ1v) is 5.11. The first kappa shape index (κ1) is 10.1. The zero-order valence-electron chi connectivity index (χ0n) is 7.97. The van der Waals surface area contributed by atoms with Crippen LogP contribution in [0.4, 0.5) is 0 Å². The third kappa shape index (κ3) is 1.61. The van der Waals surface area contributed by atoms with Crippen molar-refractivity contribution in [3.63, 3.8) is 0 Å². The van der Waals surface area contributed by atoms with Crippen LogP contribution >= 0.6 is 12.2 Å². The molecule has 2 atom stereocenters. The predicted octanol–water partition coefficient (Wildman–Crippen LogP) is -0.314. The molecule has 0 saturated carbocycles. The van der Waals surface area contributed by atoms with Crippen LogP contribution in [0.3, 0.4) is 0 Å². The Bertz CT molecular complexity index is 340. The summed E-state index contributed by atoms with van der Waals surface area (Å²) in [6.07, 6.45) is 5.09. The molecule has 5 nitrogen and oxygen atoms in total. The summed E-state index contributed by atoms with van der Waals surface area (Å²) >= 11 is 4.61. The van der Waals surface area contributed by atoms with E-state index in [1.807, 2.05) is 12.2 Å². The van der Waals surface area contributed by atoms with Crippen LogP contribution in [-0.4, -0.2) is 21.9 Å². The average Bonchev–Trinajstić information content (AvgIpc) is 2.44. The fraction of sp³-hybridized carbons (Fsp3) is 0.444. The van der Waals surface area contributed by atoms with Gasteiger partial charge in [0.05, 0.1) is 11.8 Å². The fourth-order valence-electron chi connectivity index (χ4n) is 2.02. The summed E-state index contributed by atoms with van der Waals surface area (Å²) in [6.45, 7) is 0. The average molecular weight is 225 g/mol. The molecule has 1 aliphatic carbocycles. The summed E-state index contributed by atoms with van der Waals surface area (Å²) < 4.78 is 0. The fourth-order valence-corrected chi connectivity index (χ4v) is 2.11. The lowest BCUT2D eigenvalue weighted by molar-refractivity contribution is -0.142. The molecule has 0 unspecified atom stereocenters. The maximum Gasteiger partial charge on any atom is 0.252 e. The van der Waals surface area contributed by atoms with Crippen LogP contribution in [0, 0.1) is 11.8 Å². The molecule has 2 aliphatic rings. The quantitative estimate of drug-likeness (QED) is 0.363. The van der Waals surface area contributed by atoms with Gasteiger partial charge in [0.25, 0.3) is 11.8 Å². The van der Waals surface area contributed by atoms with E-state index in [9.17, 15) is 9.59 Å². The largest absolute Gasteiger partial charge is 0.375 e. The Morgan fingerprint density at radius 1 is 1.33 bits per heavy atom. The summed E-state index contributed by atoms with van der Waals surface area (Å²) in [4.78, 5) is 23.6. The maximum atomic E-state index is 11.8. The minimum atomic E-state index is -0.246. The van der Waals surface area contributed by atoms with E-state index in [1.54, 1.807) is 0 Å². The number of carbonyl (C=O) groups is 2. The number of hydrogen-bond acceptors (Lipinski definition) is 3. The summed E-state index contributed by atoms with van der Waals surface area (Å²) in [6, 6.07) is 0. The Labute approximate surface area is 92.3 Å². The van der Waals surface area contributed by atoms with Crippen molar-refractivity contribution < 1.29 is 9.59 Å². The number of imide groups is 1. The molecule has 0 aromatic rings. The molecule has 0 bridgehead atoms. The molecule has 0 spiro atoms. The van der Waals surface area contributed by atoms with Crippen molar-refractivity contribution in [3.8, 4) is 0 Å². The molecule has 0 aromatic carbocycles. The number of nitrogens with zero attached hydrogens (tertiary/aromatic N) is 1. The number of thiocarbonyl (C=S) groups is 1. The highest BCUT2D eigenvalue weighted by Gasteiger charge is 2.47. The second-order valence-corrected chi connectivity index (χ2v) is 4.08. The molecule has 15 heavy (non-hydrogen) atoms. The Morgan fingerprint density at radius 3 is 2.20 bits per heavy atom. The number of amides is 2. The standard InChI is InChI=1S/C9H11N3O2S/c10-9(15)11-12-7(13)5-3-1-2-4-6(5)8(12)14/h1-2,5-6H,3-4H2,(H3,10,11,15)/t5-,6-/m0/s1. The van der Waals surface area contributed by atoms with E-state index in [-0.39, 0.29) is 28.8 Å². The number of hydrazine groups is 1. The van der Waals surface area contributed by atoms with Crippen molar-refractivity contribution in [2.24, 2.45) is 17.6 Å². The van der Waals surface area contributed by atoms with E-state index in [2.05, 4.69) is 17.6 Å². The summed E-state index contributed by atoms with van der Waals surface area (Å²) in [5.41, 5.74) is 7.66. The third-order valence-corrected chi connectivity index (χ3v) is 2.82. The third-order valence-electron chi connectivity index (χ3n) is 2.73. The van der Waals surface area contributed by atoms with Gasteiger partial charge in [-0.05, 0) is 25.1 Å². The van der Waals surface area contributed by atoms with Crippen molar-refractivity contribution >= 4 is 29.1 Å². The number of fused-ring (bicyclic) bond motifs is 1. The highest BCUT2D eigenvalue weighted by molar-refractivity contribution is 7.80. The minimum absolute atomic E-state index is 0.0664. The molecule has 1 aliphatic heterocycles. The van der Waals surface area contributed by atoms with Crippen LogP contribution in [0.15, 0.2) is 12.2 Å². The highest BCUT2D eigenvalue weighted by Crippen LogP contribution is 2.33. The number of nitrogens with one attached hydrogen (secondary N) is 1. The van der Waals surface area contributed by atoms with Gasteiger partial charge in [-0.15, -0.1) is 0 Å². The van der Waals surface area contributed by atoms with Crippen molar-refractivity contribution in [3.05, 3.63) is 12.2 Å². The number of nitrogens with two attached hydrogens (primary N) is 1. The topological polar surface area (TPSA) is 75.4 Å². The first-order valence-electron chi connectivity index (χ1n) is 4.70. The lowest BCUT2D eigenvalue weighted by Crippen LogP contribution is -2.48. The molecular formula is C9H11N3O2S. The second kappa shape index (κ2) is 3.62. The predicted molar refractivity (Wildman–Crippen MR) is 57.1 cm³/mol. The number of carbonyl (C=O) groups excluding carboxylic acids is 2. The zero-order valence-corrected chi connectivity index (χ0v) is 8.79. The van der Waals surface area contributed by atoms with Crippen molar-refractivity contribution in [1.82, 2.24) is 10.4 Å². The van der Waals surface area contributed by atoms with Crippen molar-refractivity contribution in [2.45, 2.75) is 12.8 Å². The Hall–Kier alpha value is -1.43. The molecule has 1 fully saturated rings. The lowest BCUT2D eigenvalue weighted by Gasteiger charge is -2.14. The highest BCUT2D eigenvalue weighted by atomic mass is 32.1. The van der Waals surface area contributed by atoms with Gasteiger partial charge in [-0.1, -0.05) is 12.2 Å². The molecule has 80 valence electrons. The van der Waals surface area contributed by atoms with Crippen LogP contribution < -0.4 is 11.2 Å². The van der Waals surface area contributed by atoms with Crippen LogP contribution in [0.2, 0.25) is 0 Å². The molecule has 1 heterocycles. The van der Waals surface area contributed by atoms with Gasteiger partial charge < -0.3 is 5.73 Å². The van der Waals surface area contributed by atoms with E-state index >= 15 is 0 Å². The van der Waals surface area contributed by atoms with Gasteiger partial charge in [0, 0.05) is 0 Å². The Kier molecular flexibility index (Phi) is 2.44. The number of hydrogen-bond donors (Lipinski definition) is 2. The SMILES string of the molecule is NC(=S)NN1C(=O)[C@H]2CC=CC[C@@H]2C1=O. The van der Waals surface area contributed by atoms with E-state index in [0.29, 0.717) is 12.8 Å². The van der Waals surface area contributed by atoms with E-state index < -0.39 is 0 Å². The van der Waals surface area contributed by atoms with E-state index in [0.717, 1.165) is 5.01 Å². The van der Waals surface area contributed by atoms with Gasteiger partial charge in [0.1, 0.15) is 0 Å². The van der Waals surface area contributed by atoms with Gasteiger partial charge in [0.2, 0.25) is 0 Å². The minimum Gasteiger partial charge on any atom is -0.375 e. The van der Waals surface area contributed by atoms with E-state index in [4.69, 9.17) is 5.73 Å². The summed E-state index contributed by atoms with van der Waals surface area (Å²) in [7, 11) is 0. The van der Waals surface area contributed by atoms with Crippen molar-refractivity contribution in [1.29, 1.82) is 0 Å². The zero-order chi connectivity index (χ0) is 11.0. The maximum absolute atomic E-state index is 11.8. The number of allylic oxidation sites excluding steroid dienone is 2.